The molecule has 1 aliphatic heterocycles. The zero-order chi connectivity index (χ0) is 61.6. The molecule has 1 aromatic carbocycles. The molecule has 0 saturated carbocycles. The number of likely N-dealkylation sites (tertiary alicyclic amines) is 1. The van der Waals surface area contributed by atoms with Gasteiger partial charge in [0, 0.05) is 13.0 Å². The molecule has 81 heavy (non-hydrogen) atoms. The quantitative estimate of drug-likeness (QED) is 0.0343. The van der Waals surface area contributed by atoms with E-state index in [9.17, 15) is 72.5 Å². The summed E-state index contributed by atoms with van der Waals surface area (Å²) in [6.07, 6.45) is -1.40. The smallest absolute Gasteiger partial charge is 0.326 e. The zero-order valence-electron chi connectivity index (χ0n) is 47.5. The van der Waals surface area contributed by atoms with E-state index >= 15 is 0 Å². The summed E-state index contributed by atoms with van der Waals surface area (Å²) in [5.41, 5.74) is 17.7. The van der Waals surface area contributed by atoms with E-state index in [-0.39, 0.29) is 56.2 Å². The van der Waals surface area contributed by atoms with Gasteiger partial charge >= 0.3 is 11.9 Å². The number of carboxylic acids is 2. The molecule has 2 rings (SSSR count). The van der Waals surface area contributed by atoms with Crippen molar-refractivity contribution in [3.8, 4) is 5.75 Å². The van der Waals surface area contributed by atoms with Gasteiger partial charge in [-0.3, -0.25) is 57.5 Å². The predicted octanol–water partition coefficient (Wildman–Crippen LogP) is -2.35. The Balaban J connectivity index is 2.28. The summed E-state index contributed by atoms with van der Waals surface area (Å²) in [6, 6.07) is -7.83. The highest BCUT2D eigenvalue weighted by atomic mass is 16.4. The molecule has 1 aliphatic rings. The summed E-state index contributed by atoms with van der Waals surface area (Å²) in [6.45, 7) is 14.9. The fourth-order valence-electron chi connectivity index (χ4n) is 8.71. The lowest BCUT2D eigenvalue weighted by molar-refractivity contribution is -0.147. The standard InChI is InChI=1S/C53H84N12O16/c1-10-28(8)43(51(78)62-37(53(80)81)24-41(69)70)64-48(75)35(23-40(56)68)60-50(77)42(27(6)7)63-46(73)33(17-18-39(55)67)58-44(71)29(9)57-49(76)38-12-11-19-65(38)52(79)36(21-26(4)5)61-47(74)34(20-25(2)3)59-45(72)32(54)22-30-13-15-31(66)16-14-30/h13-16,25-29,32-38,42-43,66H,10-12,17-24,54H2,1-9H3,(H2,55,67)(H2,56,68)(H,57,76)(H,58,71)(H,59,72)(H,60,77)(H,61,74)(H,62,78)(H,63,73)(H,64,75)(H,69,70)(H,80,81). The average Bonchev–Trinajstić information content (AvgIpc) is 3.90. The monoisotopic (exact) mass is 1140 g/mol. The van der Waals surface area contributed by atoms with Gasteiger partial charge in [-0.25, -0.2) is 4.79 Å². The maximum absolute atomic E-state index is 14.3. The van der Waals surface area contributed by atoms with Crippen molar-refractivity contribution in [1.29, 1.82) is 0 Å². The van der Waals surface area contributed by atoms with E-state index in [2.05, 4.69) is 42.5 Å². The highest BCUT2D eigenvalue weighted by Crippen LogP contribution is 2.22. The van der Waals surface area contributed by atoms with Crippen LogP contribution < -0.4 is 59.7 Å². The first-order valence-corrected chi connectivity index (χ1v) is 27.0. The Morgan fingerprint density at radius 3 is 1.63 bits per heavy atom. The molecule has 0 spiro atoms. The fraction of sp³-hybridized carbons (Fsp3) is 0.642. The number of hydrogen-bond acceptors (Lipinski definition) is 15. The molecule has 11 amide bonds. The molecule has 1 aromatic rings. The summed E-state index contributed by atoms with van der Waals surface area (Å²) < 4.78 is 0. The van der Waals surface area contributed by atoms with Gasteiger partial charge < -0.3 is 80.0 Å². The summed E-state index contributed by atoms with van der Waals surface area (Å²) in [5, 5.41) is 48.0. The molecule has 0 aliphatic carbocycles. The van der Waals surface area contributed by atoms with Crippen LogP contribution in [0.4, 0.5) is 0 Å². The minimum Gasteiger partial charge on any atom is -0.508 e. The lowest BCUT2D eigenvalue weighted by Crippen LogP contribution is -2.61. The predicted molar refractivity (Wildman–Crippen MR) is 291 cm³/mol. The number of primary amides is 2. The Labute approximate surface area is 470 Å². The molecule has 28 heteroatoms. The van der Waals surface area contributed by atoms with Gasteiger partial charge in [0.05, 0.1) is 18.9 Å². The van der Waals surface area contributed by atoms with Crippen LogP contribution in [-0.4, -0.2) is 164 Å². The van der Waals surface area contributed by atoms with Crippen molar-refractivity contribution < 1.29 is 77.6 Å². The third-order valence-corrected chi connectivity index (χ3v) is 13.4. The minimum atomic E-state index is -1.87. The lowest BCUT2D eigenvalue weighted by atomic mass is 9.97. The number of nitrogens with zero attached hydrogens (tertiary/aromatic N) is 1. The number of carbonyl (C=O) groups is 13. The van der Waals surface area contributed by atoms with Gasteiger partial charge in [-0.05, 0) is 86.8 Å². The minimum absolute atomic E-state index is 0.0401. The van der Waals surface area contributed by atoms with Crippen LogP contribution in [0, 0.1) is 23.7 Å². The molecule has 0 radical (unpaired) electrons. The van der Waals surface area contributed by atoms with Gasteiger partial charge in [0.25, 0.3) is 0 Å². The van der Waals surface area contributed by atoms with E-state index in [4.69, 9.17) is 22.3 Å². The number of carboxylic acid groups (broad SMARTS) is 2. The van der Waals surface area contributed by atoms with Crippen LogP contribution in [0.2, 0.25) is 0 Å². The van der Waals surface area contributed by atoms with Crippen LogP contribution in [-0.2, 0) is 68.7 Å². The molecular weight excluding hydrogens is 1060 g/mol. The van der Waals surface area contributed by atoms with Gasteiger partial charge in [-0.15, -0.1) is 0 Å². The molecule has 0 aromatic heterocycles. The SMILES string of the molecule is CCC(C)C(NC(=O)C(CC(N)=O)NC(=O)C(NC(=O)C(CCC(N)=O)NC(=O)C(C)NC(=O)C1CCCN1C(=O)C(CC(C)C)NC(=O)C(CC(C)C)NC(=O)C(N)Cc1ccc(O)cc1)C(C)C)C(=O)NC(CC(=O)O)C(=O)O. The van der Waals surface area contributed by atoms with E-state index < -0.39 is 175 Å². The maximum Gasteiger partial charge on any atom is 0.326 e. The Hall–Kier alpha value is -7.91. The number of phenols is 1. The third kappa shape index (κ3) is 23.4. The number of nitrogens with one attached hydrogen (secondary N) is 8. The topological polar surface area (TPSA) is 460 Å². The summed E-state index contributed by atoms with van der Waals surface area (Å²) in [7, 11) is 0. The van der Waals surface area contributed by atoms with Crippen LogP contribution in [0.5, 0.6) is 5.75 Å². The van der Waals surface area contributed by atoms with E-state index in [0.29, 0.717) is 12.0 Å². The number of benzene rings is 1. The Bertz CT molecular complexity index is 2420. The summed E-state index contributed by atoms with van der Waals surface area (Å²) in [4.78, 5) is 172. The van der Waals surface area contributed by atoms with E-state index in [1.165, 1.54) is 44.7 Å². The van der Waals surface area contributed by atoms with Gasteiger partial charge in [0.15, 0.2) is 0 Å². The Morgan fingerprint density at radius 2 is 1.10 bits per heavy atom. The first kappa shape index (κ1) is 69.2. The number of carbonyl (C=O) groups excluding carboxylic acids is 11. The van der Waals surface area contributed by atoms with Crippen LogP contribution in [0.3, 0.4) is 0 Å². The molecule has 11 unspecified atom stereocenters. The van der Waals surface area contributed by atoms with Crippen LogP contribution in [0.1, 0.15) is 126 Å². The number of aliphatic carboxylic acids is 2. The van der Waals surface area contributed by atoms with Crippen molar-refractivity contribution >= 4 is 76.9 Å². The number of hydrogen-bond donors (Lipinski definition) is 14. The molecule has 1 fully saturated rings. The lowest BCUT2D eigenvalue weighted by Gasteiger charge is -2.31. The molecule has 452 valence electrons. The normalized spacial score (nSPS) is 16.9. The molecule has 11 atom stereocenters. The van der Waals surface area contributed by atoms with Gasteiger partial charge in [0.2, 0.25) is 65.0 Å². The largest absolute Gasteiger partial charge is 0.508 e. The Morgan fingerprint density at radius 1 is 0.593 bits per heavy atom. The van der Waals surface area contributed by atoms with Gasteiger partial charge in [-0.1, -0.05) is 73.9 Å². The highest BCUT2D eigenvalue weighted by Gasteiger charge is 2.41. The van der Waals surface area contributed by atoms with Crippen molar-refractivity contribution in [3.05, 3.63) is 29.8 Å². The second-order valence-electron chi connectivity index (χ2n) is 21.7. The molecule has 17 N–H and O–H groups in total. The van der Waals surface area contributed by atoms with Gasteiger partial charge in [0.1, 0.15) is 60.1 Å². The Kier molecular flexibility index (Phi) is 28.2. The third-order valence-electron chi connectivity index (χ3n) is 13.4. The second-order valence-corrected chi connectivity index (χ2v) is 21.7. The number of phenolic OH excluding ortho intramolecular Hbond substituents is 1. The maximum atomic E-state index is 14.3. The highest BCUT2D eigenvalue weighted by molar-refractivity contribution is 6.00. The van der Waals surface area contributed by atoms with E-state index in [0.717, 1.165) is 0 Å². The number of rotatable bonds is 34. The van der Waals surface area contributed by atoms with Crippen molar-refractivity contribution in [2.75, 3.05) is 6.54 Å². The average molecular weight is 1150 g/mol. The number of nitrogens with two attached hydrogens (primary N) is 3. The van der Waals surface area contributed by atoms with Crippen molar-refractivity contribution in [2.45, 2.75) is 187 Å². The molecule has 0 bridgehead atoms. The van der Waals surface area contributed by atoms with Crippen molar-refractivity contribution in [1.82, 2.24) is 47.4 Å². The second kappa shape index (κ2) is 33.0. The van der Waals surface area contributed by atoms with Crippen LogP contribution in [0.25, 0.3) is 0 Å². The van der Waals surface area contributed by atoms with Gasteiger partial charge in [-0.2, -0.15) is 0 Å². The first-order chi connectivity index (χ1) is 37.8. The summed E-state index contributed by atoms with van der Waals surface area (Å²) >= 11 is 0. The van der Waals surface area contributed by atoms with Crippen LogP contribution in [0.15, 0.2) is 24.3 Å². The molecular formula is C53H84N12O16. The first-order valence-electron chi connectivity index (χ1n) is 27.0. The van der Waals surface area contributed by atoms with Crippen molar-refractivity contribution in [3.63, 3.8) is 0 Å². The van der Waals surface area contributed by atoms with Crippen molar-refractivity contribution in [2.24, 2.45) is 40.9 Å². The fourth-order valence-corrected chi connectivity index (χ4v) is 8.71. The zero-order valence-corrected chi connectivity index (χ0v) is 47.5. The molecule has 1 heterocycles. The van der Waals surface area contributed by atoms with E-state index in [1.807, 2.05) is 27.7 Å². The van der Waals surface area contributed by atoms with E-state index in [1.54, 1.807) is 19.1 Å². The summed E-state index contributed by atoms with van der Waals surface area (Å²) in [5.74, 6) is -14.6. The molecule has 28 nitrogen and oxygen atoms in total. The number of aromatic hydroxyl groups is 1. The number of amides is 11. The van der Waals surface area contributed by atoms with Crippen LogP contribution >= 0.6 is 0 Å². The molecule has 1 saturated heterocycles.